The number of hydrogen-bond acceptors (Lipinski definition) is 4. The smallest absolute Gasteiger partial charge is 0.146 e. The fourth-order valence-electron chi connectivity index (χ4n) is 1.48. The van der Waals surface area contributed by atoms with Gasteiger partial charge in [0.05, 0.1) is 19.3 Å². The molecule has 0 bridgehead atoms. The molecule has 0 fully saturated rings. The van der Waals surface area contributed by atoms with Crippen molar-refractivity contribution >= 4 is 0 Å². The normalized spacial score (nSPS) is 12.9. The number of aliphatic hydroxyl groups excluding tert-OH is 1. The molecule has 106 valence electrons. The zero-order valence-electron chi connectivity index (χ0n) is 11.3. The van der Waals surface area contributed by atoms with Crippen LogP contribution >= 0.6 is 0 Å². The summed E-state index contributed by atoms with van der Waals surface area (Å²) in [5.74, 6) is 0. The molecule has 0 heterocycles. The van der Waals surface area contributed by atoms with E-state index in [0.717, 1.165) is 5.56 Å². The van der Waals surface area contributed by atoms with Crippen LogP contribution in [0.15, 0.2) is 42.5 Å². The van der Waals surface area contributed by atoms with Crippen molar-refractivity contribution in [3.05, 3.63) is 48.0 Å². The van der Waals surface area contributed by atoms with E-state index in [-0.39, 0.29) is 6.79 Å². The lowest BCUT2D eigenvalue weighted by Crippen LogP contribution is -2.08. The van der Waals surface area contributed by atoms with Crippen molar-refractivity contribution in [2.75, 3.05) is 27.1 Å². The number of benzene rings is 1. The molecule has 0 radical (unpaired) electrons. The van der Waals surface area contributed by atoms with Crippen LogP contribution < -0.4 is 0 Å². The monoisotopic (exact) mass is 266 g/mol. The van der Waals surface area contributed by atoms with Crippen molar-refractivity contribution in [2.24, 2.45) is 0 Å². The molecule has 0 aliphatic heterocycles. The number of hydrogen-bond donors (Lipinski definition) is 1. The van der Waals surface area contributed by atoms with Crippen LogP contribution in [0.25, 0.3) is 0 Å². The fraction of sp³-hybridized carbons (Fsp3) is 0.467. The zero-order valence-corrected chi connectivity index (χ0v) is 11.3. The third kappa shape index (κ3) is 8.51. The highest BCUT2D eigenvalue weighted by Gasteiger charge is 1.99. The van der Waals surface area contributed by atoms with Crippen molar-refractivity contribution in [1.82, 2.24) is 0 Å². The standard InChI is InChI=1S/C15H22O4/c1-17-13-19-10-5-8-15(16)9-11-18-12-14-6-3-2-4-7-14/h2-8,15-16H,9-13H2,1H3/b8-5+. The van der Waals surface area contributed by atoms with Gasteiger partial charge in [0.1, 0.15) is 6.79 Å². The molecule has 0 saturated carbocycles. The summed E-state index contributed by atoms with van der Waals surface area (Å²) >= 11 is 0. The van der Waals surface area contributed by atoms with E-state index >= 15 is 0 Å². The molecule has 1 rings (SSSR count). The quantitative estimate of drug-likeness (QED) is 0.400. The molecule has 4 nitrogen and oxygen atoms in total. The highest BCUT2D eigenvalue weighted by molar-refractivity contribution is 5.13. The van der Waals surface area contributed by atoms with Crippen LogP contribution in [-0.4, -0.2) is 38.3 Å². The lowest BCUT2D eigenvalue weighted by Gasteiger charge is -2.07. The molecule has 1 unspecified atom stereocenters. The van der Waals surface area contributed by atoms with Crippen molar-refractivity contribution in [1.29, 1.82) is 0 Å². The molecule has 1 aromatic carbocycles. The van der Waals surface area contributed by atoms with Gasteiger partial charge in [-0.25, -0.2) is 0 Å². The Bertz CT molecular complexity index is 337. The molecule has 4 heteroatoms. The van der Waals surface area contributed by atoms with E-state index in [9.17, 15) is 5.11 Å². The lowest BCUT2D eigenvalue weighted by molar-refractivity contribution is -0.0189. The molecular weight excluding hydrogens is 244 g/mol. The third-order valence-electron chi connectivity index (χ3n) is 2.44. The van der Waals surface area contributed by atoms with E-state index in [2.05, 4.69) is 0 Å². The van der Waals surface area contributed by atoms with Crippen LogP contribution in [0.3, 0.4) is 0 Å². The first-order chi connectivity index (χ1) is 9.33. The van der Waals surface area contributed by atoms with Crippen LogP contribution in [0.4, 0.5) is 0 Å². The summed E-state index contributed by atoms with van der Waals surface area (Å²) in [5, 5.41) is 9.65. The lowest BCUT2D eigenvalue weighted by atomic mass is 10.2. The number of aliphatic hydroxyl groups is 1. The number of ether oxygens (including phenoxy) is 3. The Morgan fingerprint density at radius 2 is 2.00 bits per heavy atom. The molecule has 0 aliphatic carbocycles. The topological polar surface area (TPSA) is 47.9 Å². The van der Waals surface area contributed by atoms with Gasteiger partial charge in [-0.2, -0.15) is 0 Å². The van der Waals surface area contributed by atoms with E-state index in [4.69, 9.17) is 14.2 Å². The molecule has 0 aromatic heterocycles. The van der Waals surface area contributed by atoms with Gasteiger partial charge in [0.25, 0.3) is 0 Å². The predicted molar refractivity (Wildman–Crippen MR) is 73.7 cm³/mol. The Morgan fingerprint density at radius 1 is 1.21 bits per heavy atom. The van der Waals surface area contributed by atoms with Crippen LogP contribution in [0.1, 0.15) is 12.0 Å². The van der Waals surface area contributed by atoms with Crippen LogP contribution in [0.2, 0.25) is 0 Å². The molecule has 0 spiro atoms. The average Bonchev–Trinajstić information content (AvgIpc) is 2.44. The molecule has 1 aromatic rings. The summed E-state index contributed by atoms with van der Waals surface area (Å²) in [6, 6.07) is 9.98. The second-order valence-corrected chi connectivity index (χ2v) is 4.10. The zero-order chi connectivity index (χ0) is 13.8. The van der Waals surface area contributed by atoms with Gasteiger partial charge >= 0.3 is 0 Å². The fourth-order valence-corrected chi connectivity index (χ4v) is 1.48. The Balaban J connectivity index is 2.02. The van der Waals surface area contributed by atoms with Gasteiger partial charge in [0, 0.05) is 20.1 Å². The number of methoxy groups -OCH3 is 1. The van der Waals surface area contributed by atoms with E-state index in [1.54, 1.807) is 19.3 Å². The maximum atomic E-state index is 9.65. The predicted octanol–water partition coefficient (Wildman–Crippen LogP) is 2.13. The molecule has 0 saturated heterocycles. The van der Waals surface area contributed by atoms with Gasteiger partial charge in [-0.05, 0) is 5.56 Å². The Labute approximate surface area is 114 Å². The molecule has 19 heavy (non-hydrogen) atoms. The van der Waals surface area contributed by atoms with Gasteiger partial charge in [-0.1, -0.05) is 42.5 Å². The van der Waals surface area contributed by atoms with Crippen LogP contribution in [0.5, 0.6) is 0 Å². The number of rotatable bonds is 10. The van der Waals surface area contributed by atoms with Gasteiger partial charge in [-0.15, -0.1) is 0 Å². The van der Waals surface area contributed by atoms with Gasteiger partial charge in [-0.3, -0.25) is 0 Å². The van der Waals surface area contributed by atoms with Crippen LogP contribution in [0, 0.1) is 0 Å². The first kappa shape index (κ1) is 15.9. The molecule has 0 amide bonds. The van der Waals surface area contributed by atoms with Crippen molar-refractivity contribution < 1.29 is 19.3 Å². The third-order valence-corrected chi connectivity index (χ3v) is 2.44. The minimum atomic E-state index is -0.498. The maximum absolute atomic E-state index is 9.65. The van der Waals surface area contributed by atoms with Crippen molar-refractivity contribution in [2.45, 2.75) is 19.1 Å². The minimum absolute atomic E-state index is 0.265. The summed E-state index contributed by atoms with van der Waals surface area (Å²) in [6.07, 6.45) is 3.57. The highest BCUT2D eigenvalue weighted by Crippen LogP contribution is 2.02. The Morgan fingerprint density at radius 3 is 2.74 bits per heavy atom. The SMILES string of the molecule is COCOC/C=C/C(O)CCOCc1ccccc1. The molecule has 1 N–H and O–H groups in total. The summed E-state index contributed by atoms with van der Waals surface area (Å²) in [4.78, 5) is 0. The largest absolute Gasteiger partial charge is 0.389 e. The Kier molecular flexibility index (Phi) is 8.93. The van der Waals surface area contributed by atoms with E-state index in [1.807, 2.05) is 30.3 Å². The van der Waals surface area contributed by atoms with Gasteiger partial charge < -0.3 is 19.3 Å². The first-order valence-corrected chi connectivity index (χ1v) is 6.36. The average molecular weight is 266 g/mol. The van der Waals surface area contributed by atoms with Crippen LogP contribution in [-0.2, 0) is 20.8 Å². The van der Waals surface area contributed by atoms with Crippen molar-refractivity contribution in [3.63, 3.8) is 0 Å². The summed E-state index contributed by atoms with van der Waals surface area (Å²) in [6.45, 7) is 1.81. The summed E-state index contributed by atoms with van der Waals surface area (Å²) in [7, 11) is 1.57. The second-order valence-electron chi connectivity index (χ2n) is 4.10. The minimum Gasteiger partial charge on any atom is -0.389 e. The second kappa shape index (κ2) is 10.7. The maximum Gasteiger partial charge on any atom is 0.146 e. The highest BCUT2D eigenvalue weighted by atomic mass is 16.7. The summed E-state index contributed by atoms with van der Waals surface area (Å²) < 4.78 is 15.3. The molecule has 0 aliphatic rings. The van der Waals surface area contributed by atoms with Gasteiger partial charge in [0.15, 0.2) is 0 Å². The summed E-state index contributed by atoms with van der Waals surface area (Å²) in [5.41, 5.74) is 1.14. The molecular formula is C15H22O4. The van der Waals surface area contributed by atoms with E-state index < -0.39 is 6.10 Å². The Hall–Kier alpha value is -1.20. The van der Waals surface area contributed by atoms with E-state index in [1.165, 1.54) is 0 Å². The van der Waals surface area contributed by atoms with Gasteiger partial charge in [0.2, 0.25) is 0 Å². The first-order valence-electron chi connectivity index (χ1n) is 6.36. The van der Waals surface area contributed by atoms with E-state index in [0.29, 0.717) is 26.2 Å². The molecule has 1 atom stereocenters. The van der Waals surface area contributed by atoms with Crippen molar-refractivity contribution in [3.8, 4) is 0 Å².